The third kappa shape index (κ3) is 2.88. The molecule has 1 fully saturated rings. The van der Waals surface area contributed by atoms with E-state index in [1.54, 1.807) is 0 Å². The van der Waals surface area contributed by atoms with Gasteiger partial charge in [-0.2, -0.15) is 0 Å². The summed E-state index contributed by atoms with van der Waals surface area (Å²) in [5.74, 6) is 1.74. The molecule has 2 aromatic rings. The molecule has 1 aliphatic carbocycles. The zero-order chi connectivity index (χ0) is 13.9. The predicted octanol–water partition coefficient (Wildman–Crippen LogP) is 2.18. The number of hydrogen-bond acceptors (Lipinski definition) is 4. The van der Waals surface area contributed by atoms with Crippen LogP contribution in [0.25, 0.3) is 5.95 Å². The second-order valence-electron chi connectivity index (χ2n) is 5.40. The molecule has 0 aromatic carbocycles. The summed E-state index contributed by atoms with van der Waals surface area (Å²) >= 11 is 0. The Labute approximate surface area is 119 Å². The van der Waals surface area contributed by atoms with Crippen molar-refractivity contribution in [3.63, 3.8) is 0 Å². The Hall–Kier alpha value is -1.75. The summed E-state index contributed by atoms with van der Waals surface area (Å²) in [6.45, 7) is 5.06. The molecule has 20 heavy (non-hydrogen) atoms. The van der Waals surface area contributed by atoms with Crippen molar-refractivity contribution in [1.29, 1.82) is 0 Å². The van der Waals surface area contributed by atoms with Gasteiger partial charge in [0.25, 0.3) is 0 Å². The Kier molecular flexibility index (Phi) is 3.78. The van der Waals surface area contributed by atoms with Crippen LogP contribution in [0.2, 0.25) is 0 Å². The quantitative estimate of drug-likeness (QED) is 0.875. The van der Waals surface area contributed by atoms with Gasteiger partial charge in [-0.3, -0.25) is 4.57 Å². The number of aryl methyl sites for hydroxylation is 2. The molecule has 1 saturated carbocycles. The van der Waals surface area contributed by atoms with Crippen LogP contribution in [-0.4, -0.2) is 25.6 Å². The first-order valence-corrected chi connectivity index (χ1v) is 7.36. The molecule has 0 unspecified atom stereocenters. The summed E-state index contributed by atoms with van der Waals surface area (Å²) in [6, 6.07) is 0.707. The van der Waals surface area contributed by atoms with Gasteiger partial charge in [-0.25, -0.2) is 15.0 Å². The maximum atomic E-state index is 4.63. The molecular weight excluding hydrogens is 250 g/mol. The molecule has 106 valence electrons. The van der Waals surface area contributed by atoms with Crippen molar-refractivity contribution in [2.45, 2.75) is 52.1 Å². The molecule has 5 heteroatoms. The van der Waals surface area contributed by atoms with Crippen LogP contribution in [-0.2, 0) is 13.0 Å². The van der Waals surface area contributed by atoms with Crippen molar-refractivity contribution < 1.29 is 0 Å². The highest BCUT2D eigenvalue weighted by Gasteiger charge is 2.20. The molecule has 0 bridgehead atoms. The second-order valence-corrected chi connectivity index (χ2v) is 5.40. The summed E-state index contributed by atoms with van der Waals surface area (Å²) in [6.07, 6.45) is 10.3. The van der Waals surface area contributed by atoms with Crippen LogP contribution in [0.1, 0.15) is 43.3 Å². The van der Waals surface area contributed by atoms with Crippen molar-refractivity contribution in [1.82, 2.24) is 24.8 Å². The molecule has 5 nitrogen and oxygen atoms in total. The third-order valence-corrected chi connectivity index (χ3v) is 3.63. The zero-order valence-corrected chi connectivity index (χ0v) is 12.1. The summed E-state index contributed by atoms with van der Waals surface area (Å²) in [5.41, 5.74) is 2.22. The highest BCUT2D eigenvalue weighted by Crippen LogP contribution is 2.19. The third-order valence-electron chi connectivity index (χ3n) is 3.63. The largest absolute Gasteiger partial charge is 0.310 e. The Morgan fingerprint density at radius 1 is 1.35 bits per heavy atom. The summed E-state index contributed by atoms with van der Waals surface area (Å²) in [7, 11) is 0. The molecule has 0 aliphatic heterocycles. The lowest BCUT2D eigenvalue weighted by molar-refractivity contribution is 0.676. The van der Waals surface area contributed by atoms with Crippen LogP contribution in [0, 0.1) is 6.92 Å². The molecule has 0 radical (unpaired) electrons. The minimum atomic E-state index is 0.707. The van der Waals surface area contributed by atoms with Crippen LogP contribution < -0.4 is 5.32 Å². The number of nitrogens with zero attached hydrogens (tertiary/aromatic N) is 4. The van der Waals surface area contributed by atoms with Gasteiger partial charge in [0.1, 0.15) is 5.82 Å². The summed E-state index contributed by atoms with van der Waals surface area (Å²) in [5, 5.41) is 3.50. The van der Waals surface area contributed by atoms with E-state index in [-0.39, 0.29) is 0 Å². The standard InChI is InChI=1S/C15H21N5/c1-3-4-14-16-7-8-20(14)15-18-10-12(11(2)19-15)9-17-13-5-6-13/h7-8,10,13,17H,3-6,9H2,1-2H3. The molecule has 2 aromatic heterocycles. The number of nitrogens with one attached hydrogen (secondary N) is 1. The molecule has 0 amide bonds. The molecule has 0 saturated heterocycles. The molecule has 0 spiro atoms. The van der Waals surface area contributed by atoms with Crippen molar-refractivity contribution in [3.8, 4) is 5.95 Å². The Morgan fingerprint density at radius 3 is 2.90 bits per heavy atom. The Balaban J connectivity index is 1.79. The van der Waals surface area contributed by atoms with E-state index in [9.17, 15) is 0 Å². The van der Waals surface area contributed by atoms with Gasteiger partial charge in [0.15, 0.2) is 0 Å². The lowest BCUT2D eigenvalue weighted by atomic mass is 10.2. The number of rotatable bonds is 6. The molecular formula is C15H21N5. The smallest absolute Gasteiger partial charge is 0.235 e. The average Bonchev–Trinajstić information content (AvgIpc) is 3.16. The van der Waals surface area contributed by atoms with Crippen molar-refractivity contribution >= 4 is 0 Å². The first-order valence-electron chi connectivity index (χ1n) is 7.36. The minimum Gasteiger partial charge on any atom is -0.310 e. The highest BCUT2D eigenvalue weighted by atomic mass is 15.2. The van der Waals surface area contributed by atoms with E-state index in [2.05, 4.69) is 27.2 Å². The molecule has 1 N–H and O–H groups in total. The van der Waals surface area contributed by atoms with Gasteiger partial charge in [0.05, 0.1) is 0 Å². The second kappa shape index (κ2) is 5.71. The normalized spacial score (nSPS) is 14.7. The van der Waals surface area contributed by atoms with E-state index < -0.39 is 0 Å². The maximum Gasteiger partial charge on any atom is 0.235 e. The van der Waals surface area contributed by atoms with E-state index in [0.29, 0.717) is 6.04 Å². The van der Waals surface area contributed by atoms with Crippen LogP contribution in [0.5, 0.6) is 0 Å². The summed E-state index contributed by atoms with van der Waals surface area (Å²) in [4.78, 5) is 13.5. The average molecular weight is 271 g/mol. The van der Waals surface area contributed by atoms with Crippen molar-refractivity contribution in [2.75, 3.05) is 0 Å². The van der Waals surface area contributed by atoms with E-state index in [1.807, 2.05) is 30.1 Å². The number of aromatic nitrogens is 4. The van der Waals surface area contributed by atoms with Crippen LogP contribution in [0.15, 0.2) is 18.6 Å². The van der Waals surface area contributed by atoms with E-state index >= 15 is 0 Å². The van der Waals surface area contributed by atoms with Crippen molar-refractivity contribution in [3.05, 3.63) is 35.7 Å². The molecule has 3 rings (SSSR count). The lowest BCUT2D eigenvalue weighted by Gasteiger charge is -2.09. The topological polar surface area (TPSA) is 55.6 Å². The molecule has 2 heterocycles. The van der Waals surface area contributed by atoms with Gasteiger partial charge < -0.3 is 5.32 Å². The highest BCUT2D eigenvalue weighted by molar-refractivity contribution is 5.23. The predicted molar refractivity (Wildman–Crippen MR) is 77.7 cm³/mol. The maximum absolute atomic E-state index is 4.63. The van der Waals surface area contributed by atoms with Gasteiger partial charge >= 0.3 is 0 Å². The van der Waals surface area contributed by atoms with Gasteiger partial charge in [-0.15, -0.1) is 0 Å². The Morgan fingerprint density at radius 2 is 2.20 bits per heavy atom. The fraction of sp³-hybridized carbons (Fsp3) is 0.533. The first kappa shape index (κ1) is 13.2. The van der Waals surface area contributed by atoms with Gasteiger partial charge in [-0.05, 0) is 26.2 Å². The minimum absolute atomic E-state index is 0.707. The number of hydrogen-bond donors (Lipinski definition) is 1. The van der Waals surface area contributed by atoms with E-state index in [4.69, 9.17) is 0 Å². The molecule has 0 atom stereocenters. The van der Waals surface area contributed by atoms with Crippen LogP contribution in [0.3, 0.4) is 0 Å². The number of imidazole rings is 1. The van der Waals surface area contributed by atoms with Crippen molar-refractivity contribution in [2.24, 2.45) is 0 Å². The Bertz CT molecular complexity index is 586. The molecule has 1 aliphatic rings. The van der Waals surface area contributed by atoms with E-state index in [0.717, 1.165) is 36.9 Å². The van der Waals surface area contributed by atoms with E-state index in [1.165, 1.54) is 18.4 Å². The van der Waals surface area contributed by atoms with Crippen LogP contribution in [0.4, 0.5) is 0 Å². The van der Waals surface area contributed by atoms with Crippen LogP contribution >= 0.6 is 0 Å². The fourth-order valence-corrected chi connectivity index (χ4v) is 2.24. The first-order chi connectivity index (χ1) is 9.78. The fourth-order valence-electron chi connectivity index (χ4n) is 2.24. The zero-order valence-electron chi connectivity index (χ0n) is 12.1. The summed E-state index contributed by atoms with van der Waals surface area (Å²) < 4.78 is 1.98. The van der Waals surface area contributed by atoms with Gasteiger partial charge in [0, 0.05) is 48.9 Å². The lowest BCUT2D eigenvalue weighted by Crippen LogP contribution is -2.17. The van der Waals surface area contributed by atoms with Gasteiger partial charge in [-0.1, -0.05) is 6.92 Å². The van der Waals surface area contributed by atoms with Gasteiger partial charge in [0.2, 0.25) is 5.95 Å². The SMILES string of the molecule is CCCc1nccn1-c1ncc(CNC2CC2)c(C)n1. The monoisotopic (exact) mass is 271 g/mol.